The number of hydrogen-bond donors (Lipinski definition) is 1. The van der Waals surface area contributed by atoms with Gasteiger partial charge in [0.1, 0.15) is 5.84 Å². The molecule has 2 N–H and O–H groups in total. The van der Waals surface area contributed by atoms with Gasteiger partial charge in [-0.2, -0.15) is 5.10 Å². The highest BCUT2D eigenvalue weighted by molar-refractivity contribution is 6.76. The quantitative estimate of drug-likeness (QED) is 0.314. The summed E-state index contributed by atoms with van der Waals surface area (Å²) in [6.45, 7) is 7.03. The zero-order valence-corrected chi connectivity index (χ0v) is 9.89. The van der Waals surface area contributed by atoms with Crippen molar-refractivity contribution in [3.63, 3.8) is 0 Å². The van der Waals surface area contributed by atoms with Crippen molar-refractivity contribution in [1.29, 1.82) is 0 Å². The average molecular weight is 187 g/mol. The largest absolute Gasteiger partial charge is 0.386 e. The predicted octanol–water partition coefficient (Wildman–Crippen LogP) is 1.55. The Morgan fingerprint density at radius 1 is 1.33 bits per heavy atom. The summed E-state index contributed by atoms with van der Waals surface area (Å²) < 4.78 is 0. The summed E-state index contributed by atoms with van der Waals surface area (Å²) in [6.07, 6.45) is 0.938. The molecule has 0 spiro atoms. The van der Waals surface area contributed by atoms with E-state index < -0.39 is 8.07 Å². The lowest BCUT2D eigenvalue weighted by Gasteiger charge is -2.15. The molecular weight excluding hydrogens is 166 g/mol. The molecule has 3 nitrogen and oxygen atoms in total. The van der Waals surface area contributed by atoms with E-state index in [1.54, 1.807) is 5.01 Å². The van der Waals surface area contributed by atoms with Crippen molar-refractivity contribution in [2.24, 2.45) is 10.8 Å². The first kappa shape index (κ1) is 11.5. The fraction of sp³-hybridized carbons (Fsp3) is 0.875. The molecular formula is C8H21N3Si. The SMILES string of the molecule is CN(C)/N=C(/N)CC[Si](C)(C)C. The van der Waals surface area contributed by atoms with E-state index in [4.69, 9.17) is 5.73 Å². The van der Waals surface area contributed by atoms with Crippen LogP contribution in [-0.2, 0) is 0 Å². The molecule has 4 heteroatoms. The standard InChI is InChI=1S/C8H21N3Si/c1-11(2)10-8(9)6-7-12(3,4)5/h6-7H2,1-5H3,(H2,9,10). The van der Waals surface area contributed by atoms with Gasteiger partial charge in [0.15, 0.2) is 0 Å². The van der Waals surface area contributed by atoms with E-state index in [0.717, 1.165) is 12.3 Å². The molecule has 0 aliphatic carbocycles. The summed E-state index contributed by atoms with van der Waals surface area (Å²) in [6, 6.07) is 1.22. The van der Waals surface area contributed by atoms with E-state index in [9.17, 15) is 0 Å². The molecule has 0 bridgehead atoms. The zero-order valence-electron chi connectivity index (χ0n) is 8.89. The third-order valence-electron chi connectivity index (χ3n) is 1.46. The summed E-state index contributed by atoms with van der Waals surface area (Å²) in [7, 11) is 2.83. The minimum atomic E-state index is -0.950. The zero-order chi connectivity index (χ0) is 9.78. The van der Waals surface area contributed by atoms with Gasteiger partial charge in [0.2, 0.25) is 0 Å². The maximum atomic E-state index is 5.71. The molecule has 0 aromatic heterocycles. The Balaban J connectivity index is 3.79. The van der Waals surface area contributed by atoms with Crippen molar-refractivity contribution < 1.29 is 0 Å². The van der Waals surface area contributed by atoms with Crippen LogP contribution in [0.2, 0.25) is 25.7 Å². The van der Waals surface area contributed by atoms with Crippen LogP contribution in [0, 0.1) is 0 Å². The minimum Gasteiger partial charge on any atom is -0.386 e. The maximum Gasteiger partial charge on any atom is 0.119 e. The minimum absolute atomic E-state index is 0.752. The fourth-order valence-electron chi connectivity index (χ4n) is 0.810. The van der Waals surface area contributed by atoms with Gasteiger partial charge in [-0.25, -0.2) is 0 Å². The molecule has 0 atom stereocenters. The third-order valence-corrected chi connectivity index (χ3v) is 3.21. The van der Waals surface area contributed by atoms with E-state index in [2.05, 4.69) is 24.7 Å². The molecule has 0 unspecified atom stereocenters. The Kier molecular flexibility index (Phi) is 4.30. The van der Waals surface area contributed by atoms with Gasteiger partial charge in [-0.1, -0.05) is 25.7 Å². The topological polar surface area (TPSA) is 41.6 Å². The first-order valence-corrected chi connectivity index (χ1v) is 8.02. The number of hydrogen-bond acceptors (Lipinski definition) is 2. The predicted molar refractivity (Wildman–Crippen MR) is 58.1 cm³/mol. The van der Waals surface area contributed by atoms with Crippen molar-refractivity contribution in [1.82, 2.24) is 5.01 Å². The molecule has 0 heterocycles. The van der Waals surface area contributed by atoms with Crippen molar-refractivity contribution in [3.05, 3.63) is 0 Å². The van der Waals surface area contributed by atoms with Crippen LogP contribution in [0.25, 0.3) is 0 Å². The highest BCUT2D eigenvalue weighted by Gasteiger charge is 2.12. The molecule has 0 aromatic rings. The molecule has 0 aliphatic rings. The second-order valence-electron chi connectivity index (χ2n) is 4.50. The number of rotatable bonds is 4. The lowest BCUT2D eigenvalue weighted by molar-refractivity contribution is 0.435. The number of amidine groups is 1. The first-order chi connectivity index (χ1) is 5.31. The van der Waals surface area contributed by atoms with Crippen molar-refractivity contribution in [2.45, 2.75) is 32.1 Å². The van der Waals surface area contributed by atoms with Gasteiger partial charge in [-0.05, 0) is 0 Å². The van der Waals surface area contributed by atoms with Gasteiger partial charge in [0, 0.05) is 28.6 Å². The van der Waals surface area contributed by atoms with E-state index in [1.165, 1.54) is 6.04 Å². The van der Waals surface area contributed by atoms with Crippen LogP contribution in [0.3, 0.4) is 0 Å². The molecule has 0 rings (SSSR count). The van der Waals surface area contributed by atoms with E-state index >= 15 is 0 Å². The molecule has 12 heavy (non-hydrogen) atoms. The molecule has 0 saturated heterocycles. The van der Waals surface area contributed by atoms with Gasteiger partial charge < -0.3 is 10.7 Å². The Labute approximate surface area is 76.6 Å². The van der Waals surface area contributed by atoms with E-state index in [0.29, 0.717) is 0 Å². The summed E-state index contributed by atoms with van der Waals surface area (Å²) in [5.41, 5.74) is 5.71. The molecule has 0 fully saturated rings. The van der Waals surface area contributed by atoms with Gasteiger partial charge in [0.05, 0.1) is 0 Å². The lowest BCUT2D eigenvalue weighted by Crippen LogP contribution is -2.24. The van der Waals surface area contributed by atoms with Crippen LogP contribution in [0.5, 0.6) is 0 Å². The Hall–Kier alpha value is -0.513. The van der Waals surface area contributed by atoms with Crippen molar-refractivity contribution in [3.8, 4) is 0 Å². The average Bonchev–Trinajstić information content (AvgIpc) is 1.80. The maximum absolute atomic E-state index is 5.71. The second kappa shape index (κ2) is 4.50. The van der Waals surface area contributed by atoms with Gasteiger partial charge in [-0.3, -0.25) is 0 Å². The third kappa shape index (κ3) is 7.59. The number of nitrogens with two attached hydrogens (primary N) is 1. The first-order valence-electron chi connectivity index (χ1n) is 4.31. The van der Waals surface area contributed by atoms with Gasteiger partial charge >= 0.3 is 0 Å². The lowest BCUT2D eigenvalue weighted by atomic mass is 10.5. The molecule has 0 aliphatic heterocycles. The highest BCUT2D eigenvalue weighted by atomic mass is 28.3. The van der Waals surface area contributed by atoms with Crippen LogP contribution < -0.4 is 5.73 Å². The number of nitrogens with zero attached hydrogens (tertiary/aromatic N) is 2. The normalized spacial score (nSPS) is 13.2. The summed E-state index contributed by atoms with van der Waals surface area (Å²) >= 11 is 0. The highest BCUT2D eigenvalue weighted by Crippen LogP contribution is 2.10. The van der Waals surface area contributed by atoms with Crippen LogP contribution in [0.4, 0.5) is 0 Å². The molecule has 0 aromatic carbocycles. The van der Waals surface area contributed by atoms with Crippen LogP contribution in [0.1, 0.15) is 6.42 Å². The van der Waals surface area contributed by atoms with Gasteiger partial charge in [0.25, 0.3) is 0 Å². The van der Waals surface area contributed by atoms with Crippen LogP contribution >= 0.6 is 0 Å². The summed E-state index contributed by atoms with van der Waals surface area (Å²) in [5.74, 6) is 0.752. The Morgan fingerprint density at radius 3 is 2.17 bits per heavy atom. The molecule has 0 saturated carbocycles. The Bertz CT molecular complexity index is 158. The summed E-state index contributed by atoms with van der Waals surface area (Å²) in [5, 5.41) is 5.88. The van der Waals surface area contributed by atoms with Crippen molar-refractivity contribution >= 4 is 13.9 Å². The molecule has 72 valence electrons. The summed E-state index contributed by atoms with van der Waals surface area (Å²) in [4.78, 5) is 0. The van der Waals surface area contributed by atoms with Crippen LogP contribution in [0.15, 0.2) is 5.10 Å². The monoisotopic (exact) mass is 187 g/mol. The second-order valence-corrected chi connectivity index (χ2v) is 10.1. The Morgan fingerprint density at radius 2 is 1.83 bits per heavy atom. The molecule has 0 radical (unpaired) electrons. The fourth-order valence-corrected chi connectivity index (χ4v) is 1.82. The van der Waals surface area contributed by atoms with E-state index in [1.807, 2.05) is 14.1 Å². The molecule has 0 amide bonds. The smallest absolute Gasteiger partial charge is 0.119 e. The van der Waals surface area contributed by atoms with Crippen LogP contribution in [-0.4, -0.2) is 33.0 Å². The number of hydrazone groups is 1. The van der Waals surface area contributed by atoms with Crippen molar-refractivity contribution in [2.75, 3.05) is 14.1 Å². The van der Waals surface area contributed by atoms with Gasteiger partial charge in [-0.15, -0.1) is 0 Å². The van der Waals surface area contributed by atoms with E-state index in [-0.39, 0.29) is 0 Å².